The van der Waals surface area contributed by atoms with Crippen LogP contribution in [-0.2, 0) is 0 Å². The zero-order valence-corrected chi connectivity index (χ0v) is 10.4. The van der Waals surface area contributed by atoms with Gasteiger partial charge in [-0.2, -0.15) is 4.98 Å². The molecule has 94 valence electrons. The molecule has 7 heteroatoms. The van der Waals surface area contributed by atoms with Crippen LogP contribution in [0.15, 0.2) is 29.4 Å². The van der Waals surface area contributed by atoms with Crippen LogP contribution in [0.2, 0.25) is 0 Å². The third-order valence-electron chi connectivity index (χ3n) is 2.08. The summed E-state index contributed by atoms with van der Waals surface area (Å²) in [5.74, 6) is 0.385. The van der Waals surface area contributed by atoms with Crippen LogP contribution in [0.1, 0.15) is 17.3 Å². The number of aromatic nitrogens is 3. The molecule has 1 aromatic carbocycles. The van der Waals surface area contributed by atoms with Crippen molar-refractivity contribution in [2.75, 3.05) is 11.1 Å². The first kappa shape index (κ1) is 12.6. The fraction of sp³-hybridized carbons (Fsp3) is 0.182. The topological polar surface area (TPSA) is 70.7 Å². The molecule has 5 nitrogen and oxygen atoms in total. The van der Waals surface area contributed by atoms with Gasteiger partial charge in [0, 0.05) is 5.56 Å². The summed E-state index contributed by atoms with van der Waals surface area (Å²) in [7, 11) is 0. The molecule has 2 rings (SSSR count). The summed E-state index contributed by atoms with van der Waals surface area (Å²) in [4.78, 5) is 15.8. The maximum atomic E-state index is 12.7. The maximum Gasteiger partial charge on any atom is 0.258 e. The van der Waals surface area contributed by atoms with E-state index in [-0.39, 0.29) is 17.7 Å². The highest BCUT2D eigenvalue weighted by Crippen LogP contribution is 2.13. The molecule has 0 bridgehead atoms. The lowest BCUT2D eigenvalue weighted by atomic mass is 10.2. The third kappa shape index (κ3) is 3.07. The fourth-order valence-corrected chi connectivity index (χ4v) is 1.80. The van der Waals surface area contributed by atoms with Crippen LogP contribution in [0.5, 0.6) is 0 Å². The highest BCUT2D eigenvalue weighted by atomic mass is 32.2. The van der Waals surface area contributed by atoms with Gasteiger partial charge in [-0.15, -0.1) is 5.10 Å². The molecule has 0 radical (unpaired) electrons. The average molecular weight is 266 g/mol. The molecule has 0 aliphatic carbocycles. The van der Waals surface area contributed by atoms with E-state index in [0.717, 1.165) is 5.75 Å². The normalized spacial score (nSPS) is 10.3. The maximum absolute atomic E-state index is 12.7. The van der Waals surface area contributed by atoms with Gasteiger partial charge < -0.3 is 0 Å². The molecule has 1 amide bonds. The number of amides is 1. The second-order valence-electron chi connectivity index (χ2n) is 3.36. The Morgan fingerprint density at radius 2 is 2.17 bits per heavy atom. The number of nitrogens with one attached hydrogen (secondary N) is 2. The first-order valence-corrected chi connectivity index (χ1v) is 6.29. The van der Waals surface area contributed by atoms with Gasteiger partial charge in [0.05, 0.1) is 0 Å². The molecule has 0 saturated heterocycles. The SMILES string of the molecule is CCSc1n[nH]c(NC(=O)c2ccc(F)cc2)n1. The van der Waals surface area contributed by atoms with Crippen molar-refractivity contribution in [3.63, 3.8) is 0 Å². The summed E-state index contributed by atoms with van der Waals surface area (Å²) in [6.45, 7) is 1.98. The third-order valence-corrected chi connectivity index (χ3v) is 2.81. The van der Waals surface area contributed by atoms with Gasteiger partial charge in [0.2, 0.25) is 11.1 Å². The number of anilines is 1. The molecule has 1 heterocycles. The van der Waals surface area contributed by atoms with Gasteiger partial charge in [0.25, 0.3) is 5.91 Å². The molecule has 0 fully saturated rings. The van der Waals surface area contributed by atoms with Crippen molar-refractivity contribution in [3.05, 3.63) is 35.6 Å². The molecule has 0 spiro atoms. The van der Waals surface area contributed by atoms with E-state index in [1.807, 2.05) is 6.92 Å². The Balaban J connectivity index is 2.04. The molecule has 0 aliphatic heterocycles. The van der Waals surface area contributed by atoms with E-state index in [0.29, 0.717) is 10.7 Å². The van der Waals surface area contributed by atoms with E-state index in [4.69, 9.17) is 0 Å². The minimum Gasteiger partial charge on any atom is -0.291 e. The first-order valence-electron chi connectivity index (χ1n) is 5.31. The zero-order chi connectivity index (χ0) is 13.0. The number of hydrogen-bond donors (Lipinski definition) is 2. The predicted molar refractivity (Wildman–Crippen MR) is 67.1 cm³/mol. The van der Waals surface area contributed by atoms with E-state index >= 15 is 0 Å². The molecule has 0 aliphatic rings. The number of carbonyl (C=O) groups excluding carboxylic acids is 1. The molecule has 0 saturated carbocycles. The van der Waals surface area contributed by atoms with Crippen molar-refractivity contribution >= 4 is 23.6 Å². The molecule has 0 unspecified atom stereocenters. The Morgan fingerprint density at radius 1 is 1.44 bits per heavy atom. The molecular weight excluding hydrogens is 255 g/mol. The van der Waals surface area contributed by atoms with E-state index in [1.165, 1.54) is 36.0 Å². The first-order chi connectivity index (χ1) is 8.69. The standard InChI is InChI=1S/C11H11FN4OS/c1-2-18-11-14-10(15-16-11)13-9(17)7-3-5-8(12)6-4-7/h3-6H,2H2,1H3,(H2,13,14,15,16,17). The number of aromatic amines is 1. The lowest BCUT2D eigenvalue weighted by molar-refractivity contribution is 0.102. The van der Waals surface area contributed by atoms with Crippen molar-refractivity contribution in [1.29, 1.82) is 0 Å². The van der Waals surface area contributed by atoms with Gasteiger partial charge in [-0.3, -0.25) is 10.1 Å². The van der Waals surface area contributed by atoms with Crippen LogP contribution in [0, 0.1) is 5.82 Å². The number of rotatable bonds is 4. The lowest BCUT2D eigenvalue weighted by Gasteiger charge is -2.00. The Labute approximate surface area is 107 Å². The number of benzene rings is 1. The van der Waals surface area contributed by atoms with Gasteiger partial charge in [0.15, 0.2) is 0 Å². The van der Waals surface area contributed by atoms with Crippen LogP contribution >= 0.6 is 11.8 Å². The average Bonchev–Trinajstić information content (AvgIpc) is 2.78. The van der Waals surface area contributed by atoms with E-state index < -0.39 is 0 Å². The fourth-order valence-electron chi connectivity index (χ4n) is 1.28. The monoisotopic (exact) mass is 266 g/mol. The number of carbonyl (C=O) groups is 1. The minimum absolute atomic E-state index is 0.278. The molecule has 2 aromatic rings. The number of hydrogen-bond acceptors (Lipinski definition) is 4. The molecular formula is C11H11FN4OS. The molecule has 1 aromatic heterocycles. The van der Waals surface area contributed by atoms with Gasteiger partial charge in [0.1, 0.15) is 5.82 Å². The van der Waals surface area contributed by atoms with Gasteiger partial charge in [-0.1, -0.05) is 18.7 Å². The highest BCUT2D eigenvalue weighted by Gasteiger charge is 2.09. The summed E-state index contributed by atoms with van der Waals surface area (Å²) < 4.78 is 12.7. The summed E-state index contributed by atoms with van der Waals surface area (Å²) >= 11 is 1.47. The number of nitrogens with zero attached hydrogens (tertiary/aromatic N) is 2. The van der Waals surface area contributed by atoms with Crippen molar-refractivity contribution < 1.29 is 9.18 Å². The van der Waals surface area contributed by atoms with Gasteiger partial charge in [-0.25, -0.2) is 9.49 Å². The predicted octanol–water partition coefficient (Wildman–Crippen LogP) is 2.31. The summed E-state index contributed by atoms with van der Waals surface area (Å²) in [6, 6.07) is 5.27. The molecule has 0 atom stereocenters. The lowest BCUT2D eigenvalue weighted by Crippen LogP contribution is -2.12. The Bertz CT molecular complexity index is 540. The Morgan fingerprint density at radius 3 is 2.83 bits per heavy atom. The van der Waals surface area contributed by atoms with Crippen LogP contribution in [0.25, 0.3) is 0 Å². The number of H-pyrrole nitrogens is 1. The smallest absolute Gasteiger partial charge is 0.258 e. The molecule has 18 heavy (non-hydrogen) atoms. The van der Waals surface area contributed by atoms with Crippen LogP contribution < -0.4 is 5.32 Å². The quantitative estimate of drug-likeness (QED) is 0.833. The van der Waals surface area contributed by atoms with E-state index in [1.54, 1.807) is 0 Å². The number of thioether (sulfide) groups is 1. The number of halogens is 1. The zero-order valence-electron chi connectivity index (χ0n) is 9.61. The van der Waals surface area contributed by atoms with Crippen molar-refractivity contribution in [1.82, 2.24) is 15.2 Å². The summed E-state index contributed by atoms with van der Waals surface area (Å²) in [5, 5.41) is 9.66. The second-order valence-corrected chi connectivity index (χ2v) is 4.59. The van der Waals surface area contributed by atoms with Crippen LogP contribution in [0.4, 0.5) is 10.3 Å². The van der Waals surface area contributed by atoms with E-state index in [9.17, 15) is 9.18 Å². The van der Waals surface area contributed by atoms with Gasteiger partial charge >= 0.3 is 0 Å². The van der Waals surface area contributed by atoms with Crippen molar-refractivity contribution in [2.24, 2.45) is 0 Å². The van der Waals surface area contributed by atoms with Crippen LogP contribution in [-0.4, -0.2) is 26.8 Å². The van der Waals surface area contributed by atoms with E-state index in [2.05, 4.69) is 20.5 Å². The molecule has 2 N–H and O–H groups in total. The minimum atomic E-state index is -0.382. The Kier molecular flexibility index (Phi) is 3.93. The largest absolute Gasteiger partial charge is 0.291 e. The Hall–Kier alpha value is -1.89. The van der Waals surface area contributed by atoms with Gasteiger partial charge in [-0.05, 0) is 30.0 Å². The highest BCUT2D eigenvalue weighted by molar-refractivity contribution is 7.99. The second kappa shape index (κ2) is 5.63. The van der Waals surface area contributed by atoms with Crippen molar-refractivity contribution in [2.45, 2.75) is 12.1 Å². The van der Waals surface area contributed by atoms with Crippen molar-refractivity contribution in [3.8, 4) is 0 Å². The van der Waals surface area contributed by atoms with Crippen LogP contribution in [0.3, 0.4) is 0 Å². The summed E-state index contributed by atoms with van der Waals surface area (Å²) in [5.41, 5.74) is 0.359. The summed E-state index contributed by atoms with van der Waals surface area (Å²) in [6.07, 6.45) is 0.